The molecule has 1 aliphatic rings. The molecule has 6 nitrogen and oxygen atoms in total. The molecule has 0 aliphatic carbocycles. The number of nitrogens with zero attached hydrogens (tertiary/aromatic N) is 1. The van der Waals surface area contributed by atoms with Crippen molar-refractivity contribution < 1.29 is 32.6 Å². The number of hydrogen-bond acceptors (Lipinski definition) is 5. The van der Waals surface area contributed by atoms with Gasteiger partial charge in [-0.2, -0.15) is 0 Å². The summed E-state index contributed by atoms with van der Waals surface area (Å²) in [5, 5.41) is 0. The minimum absolute atomic E-state index is 0.125. The molecule has 28 heavy (non-hydrogen) atoms. The fourth-order valence-electron chi connectivity index (χ4n) is 3.11. The Hall–Kier alpha value is -3.29. The van der Waals surface area contributed by atoms with E-state index in [-0.39, 0.29) is 13.0 Å². The van der Waals surface area contributed by atoms with E-state index in [9.17, 15) is 23.2 Å². The lowest BCUT2D eigenvalue weighted by molar-refractivity contribution is -0.155. The van der Waals surface area contributed by atoms with Crippen LogP contribution in [0.5, 0.6) is 0 Å². The summed E-state index contributed by atoms with van der Waals surface area (Å²) in [4.78, 5) is 37.9. The van der Waals surface area contributed by atoms with Gasteiger partial charge in [-0.15, -0.1) is 0 Å². The molecule has 1 aliphatic heterocycles. The number of rotatable bonds is 4. The van der Waals surface area contributed by atoms with Crippen molar-refractivity contribution in [3.05, 3.63) is 70.8 Å². The third-order valence-corrected chi connectivity index (χ3v) is 4.54. The molecular formula is C20H17F2NO5. The summed E-state index contributed by atoms with van der Waals surface area (Å²) in [7, 11) is 1.21. The topological polar surface area (TPSA) is 72.9 Å². The molecule has 0 aromatic heterocycles. The molecule has 0 spiro atoms. The van der Waals surface area contributed by atoms with E-state index in [1.807, 2.05) is 18.2 Å². The zero-order valence-corrected chi connectivity index (χ0v) is 15.0. The smallest absolute Gasteiger partial charge is 0.344 e. The first-order chi connectivity index (χ1) is 13.4. The van der Waals surface area contributed by atoms with Crippen molar-refractivity contribution in [3.8, 4) is 0 Å². The van der Waals surface area contributed by atoms with Crippen molar-refractivity contribution in [1.82, 2.24) is 4.90 Å². The van der Waals surface area contributed by atoms with Crippen LogP contribution in [-0.4, -0.2) is 42.5 Å². The molecule has 3 rings (SSSR count). The van der Waals surface area contributed by atoms with Gasteiger partial charge in [0.15, 0.2) is 6.61 Å². The van der Waals surface area contributed by atoms with E-state index < -0.39 is 47.7 Å². The molecule has 0 bridgehead atoms. The lowest BCUT2D eigenvalue weighted by Crippen LogP contribution is -2.50. The zero-order valence-electron chi connectivity index (χ0n) is 15.0. The second kappa shape index (κ2) is 8.16. The lowest BCUT2D eigenvalue weighted by atomic mass is 9.94. The highest BCUT2D eigenvalue weighted by Crippen LogP contribution is 2.24. The van der Waals surface area contributed by atoms with Crippen LogP contribution in [0, 0.1) is 11.6 Å². The number of fused-ring (bicyclic) bond motifs is 1. The Labute approximate surface area is 159 Å². The molecule has 1 heterocycles. The SMILES string of the molecule is COC(=O)[C@H]1Cc2ccccc2CN1C(=O)COC(=O)c1c(F)cccc1F. The average molecular weight is 389 g/mol. The highest BCUT2D eigenvalue weighted by atomic mass is 19.1. The summed E-state index contributed by atoms with van der Waals surface area (Å²) in [5.41, 5.74) is 0.888. The minimum Gasteiger partial charge on any atom is -0.467 e. The number of benzene rings is 2. The van der Waals surface area contributed by atoms with Crippen LogP contribution in [0.25, 0.3) is 0 Å². The highest BCUT2D eigenvalue weighted by Gasteiger charge is 2.35. The third-order valence-electron chi connectivity index (χ3n) is 4.54. The molecule has 2 aromatic carbocycles. The standard InChI is InChI=1S/C20H17F2NO5/c1-27-19(25)16-9-12-5-2-3-6-13(12)10-23(16)17(24)11-28-20(26)18-14(21)7-4-8-15(18)22/h2-8,16H,9-11H2,1H3/t16-/m1/s1. The van der Waals surface area contributed by atoms with Crippen molar-refractivity contribution in [3.63, 3.8) is 0 Å². The number of amides is 1. The fourth-order valence-corrected chi connectivity index (χ4v) is 3.11. The van der Waals surface area contributed by atoms with Gasteiger partial charge in [-0.05, 0) is 23.3 Å². The maximum Gasteiger partial charge on any atom is 0.344 e. The average Bonchev–Trinajstić information content (AvgIpc) is 2.70. The van der Waals surface area contributed by atoms with E-state index in [1.165, 1.54) is 12.0 Å². The first-order valence-corrected chi connectivity index (χ1v) is 8.47. The first-order valence-electron chi connectivity index (χ1n) is 8.47. The number of halogens is 2. The first kappa shape index (κ1) is 19.5. The molecule has 0 N–H and O–H groups in total. The molecule has 0 radical (unpaired) electrons. The number of ether oxygens (including phenoxy) is 2. The Kier molecular flexibility index (Phi) is 5.67. The second-order valence-corrected chi connectivity index (χ2v) is 6.21. The van der Waals surface area contributed by atoms with Gasteiger partial charge in [0.25, 0.3) is 5.91 Å². The van der Waals surface area contributed by atoms with Crippen molar-refractivity contribution in [2.45, 2.75) is 19.0 Å². The summed E-state index contributed by atoms with van der Waals surface area (Å²) in [6.45, 7) is -0.636. The van der Waals surface area contributed by atoms with Crippen LogP contribution in [0.3, 0.4) is 0 Å². The maximum absolute atomic E-state index is 13.7. The Morgan fingerprint density at radius 3 is 2.32 bits per heavy atom. The van der Waals surface area contributed by atoms with Crippen LogP contribution in [0.4, 0.5) is 8.78 Å². The van der Waals surface area contributed by atoms with E-state index in [0.717, 1.165) is 29.3 Å². The van der Waals surface area contributed by atoms with Crippen molar-refractivity contribution >= 4 is 17.8 Å². The van der Waals surface area contributed by atoms with E-state index in [4.69, 9.17) is 9.47 Å². The van der Waals surface area contributed by atoms with Crippen LogP contribution in [-0.2, 0) is 32.0 Å². The van der Waals surface area contributed by atoms with Gasteiger partial charge in [-0.1, -0.05) is 30.3 Å². The second-order valence-electron chi connectivity index (χ2n) is 6.21. The van der Waals surface area contributed by atoms with Crippen LogP contribution < -0.4 is 0 Å². The normalized spacial score (nSPS) is 15.5. The summed E-state index contributed by atoms with van der Waals surface area (Å²) >= 11 is 0. The van der Waals surface area contributed by atoms with E-state index in [1.54, 1.807) is 6.07 Å². The number of carbonyl (C=O) groups is 3. The zero-order chi connectivity index (χ0) is 20.3. The van der Waals surface area contributed by atoms with Crippen LogP contribution in [0.1, 0.15) is 21.5 Å². The molecular weight excluding hydrogens is 372 g/mol. The number of esters is 2. The monoisotopic (exact) mass is 389 g/mol. The van der Waals surface area contributed by atoms with E-state index in [2.05, 4.69) is 0 Å². The molecule has 0 fully saturated rings. The van der Waals surface area contributed by atoms with Gasteiger partial charge in [0.1, 0.15) is 23.2 Å². The Morgan fingerprint density at radius 1 is 1.04 bits per heavy atom. The summed E-state index contributed by atoms with van der Waals surface area (Å²) in [6, 6.07) is 9.37. The largest absolute Gasteiger partial charge is 0.467 e. The van der Waals surface area contributed by atoms with E-state index in [0.29, 0.717) is 0 Å². The third kappa shape index (κ3) is 3.85. The number of methoxy groups -OCH3 is 1. The summed E-state index contributed by atoms with van der Waals surface area (Å²) in [5.74, 6) is -4.74. The summed E-state index contributed by atoms with van der Waals surface area (Å²) < 4.78 is 36.9. The lowest BCUT2D eigenvalue weighted by Gasteiger charge is -2.35. The van der Waals surface area contributed by atoms with Crippen LogP contribution in [0.2, 0.25) is 0 Å². The predicted molar refractivity (Wildman–Crippen MR) is 93.1 cm³/mol. The van der Waals surface area contributed by atoms with Gasteiger partial charge in [-0.3, -0.25) is 4.79 Å². The van der Waals surface area contributed by atoms with E-state index >= 15 is 0 Å². The van der Waals surface area contributed by atoms with Gasteiger partial charge in [0.05, 0.1) is 7.11 Å². The minimum atomic E-state index is -1.30. The molecule has 1 atom stereocenters. The van der Waals surface area contributed by atoms with Crippen LogP contribution in [0.15, 0.2) is 42.5 Å². The molecule has 2 aromatic rings. The highest BCUT2D eigenvalue weighted by molar-refractivity contribution is 5.92. The predicted octanol–water partition coefficient (Wildman–Crippen LogP) is 2.25. The van der Waals surface area contributed by atoms with Gasteiger partial charge >= 0.3 is 11.9 Å². The van der Waals surface area contributed by atoms with Crippen LogP contribution >= 0.6 is 0 Å². The quantitative estimate of drug-likeness (QED) is 0.750. The molecule has 8 heteroatoms. The number of carbonyl (C=O) groups excluding carboxylic acids is 3. The Bertz CT molecular complexity index is 910. The molecule has 146 valence electrons. The van der Waals surface area contributed by atoms with Gasteiger partial charge in [-0.25, -0.2) is 18.4 Å². The van der Waals surface area contributed by atoms with Crippen molar-refractivity contribution in [1.29, 1.82) is 0 Å². The van der Waals surface area contributed by atoms with Gasteiger partial charge in [0.2, 0.25) is 0 Å². The Morgan fingerprint density at radius 2 is 1.68 bits per heavy atom. The molecule has 1 amide bonds. The summed E-state index contributed by atoms with van der Waals surface area (Å²) in [6.07, 6.45) is 0.254. The Balaban J connectivity index is 1.75. The van der Waals surface area contributed by atoms with Gasteiger partial charge in [0, 0.05) is 13.0 Å². The molecule has 0 saturated carbocycles. The van der Waals surface area contributed by atoms with Gasteiger partial charge < -0.3 is 14.4 Å². The molecule has 0 saturated heterocycles. The number of hydrogen-bond donors (Lipinski definition) is 0. The van der Waals surface area contributed by atoms with Crippen molar-refractivity contribution in [2.75, 3.05) is 13.7 Å². The fraction of sp³-hybridized carbons (Fsp3) is 0.250. The molecule has 0 unspecified atom stereocenters. The maximum atomic E-state index is 13.7. The van der Waals surface area contributed by atoms with Crippen molar-refractivity contribution in [2.24, 2.45) is 0 Å².